The van der Waals surface area contributed by atoms with Gasteiger partial charge in [0.2, 0.25) is 5.88 Å². The maximum atomic E-state index is 5.68. The van der Waals surface area contributed by atoms with Crippen molar-refractivity contribution < 1.29 is 14.0 Å². The summed E-state index contributed by atoms with van der Waals surface area (Å²) in [6, 6.07) is 5.72. The second kappa shape index (κ2) is 4.88. The van der Waals surface area contributed by atoms with Gasteiger partial charge in [0.25, 0.3) is 0 Å². The molecule has 90 valence electrons. The van der Waals surface area contributed by atoms with Crippen molar-refractivity contribution in [2.45, 2.75) is 6.61 Å². The summed E-state index contributed by atoms with van der Waals surface area (Å²) in [5.41, 5.74) is 8.32. The normalized spacial score (nSPS) is 10.5. The lowest BCUT2D eigenvalue weighted by molar-refractivity contribution is 0.181. The zero-order chi connectivity index (χ0) is 12.3. The first-order chi connectivity index (χ1) is 8.26. The number of rotatable bonds is 4. The fraction of sp³-hybridized carbons (Fsp3) is 0.250. The Morgan fingerprint density at radius 3 is 2.76 bits per heavy atom. The molecular weight excluding hydrogens is 220 g/mol. The summed E-state index contributed by atoms with van der Waals surface area (Å²) >= 11 is 0. The van der Waals surface area contributed by atoms with Crippen LogP contribution < -0.4 is 10.5 Å². The van der Waals surface area contributed by atoms with E-state index < -0.39 is 0 Å². The SMILES string of the molecule is COCc1cc(-c2cnoc2N)ccc1OC. The summed E-state index contributed by atoms with van der Waals surface area (Å²) in [5.74, 6) is 1.09. The Kier molecular flexibility index (Phi) is 3.30. The Balaban J connectivity index is 2.43. The summed E-state index contributed by atoms with van der Waals surface area (Å²) < 4.78 is 15.2. The molecule has 1 heterocycles. The van der Waals surface area contributed by atoms with Gasteiger partial charge in [0.15, 0.2) is 0 Å². The van der Waals surface area contributed by atoms with Crippen LogP contribution in [0.2, 0.25) is 0 Å². The van der Waals surface area contributed by atoms with Crippen molar-refractivity contribution in [3.8, 4) is 16.9 Å². The van der Waals surface area contributed by atoms with E-state index in [-0.39, 0.29) is 0 Å². The molecule has 0 amide bonds. The predicted molar refractivity (Wildman–Crippen MR) is 63.6 cm³/mol. The van der Waals surface area contributed by atoms with Gasteiger partial charge >= 0.3 is 0 Å². The molecule has 0 atom stereocenters. The molecule has 1 aromatic carbocycles. The van der Waals surface area contributed by atoms with E-state index >= 15 is 0 Å². The standard InChI is InChI=1S/C12H14N2O3/c1-15-7-9-5-8(3-4-11(9)16-2)10-6-14-17-12(10)13/h3-6H,7,13H2,1-2H3. The number of nitrogen functional groups attached to an aromatic ring is 1. The largest absolute Gasteiger partial charge is 0.496 e. The summed E-state index contributed by atoms with van der Waals surface area (Å²) in [5, 5.41) is 3.65. The third-order valence-corrected chi connectivity index (χ3v) is 2.49. The predicted octanol–water partition coefficient (Wildman–Crippen LogP) is 2.08. The molecule has 0 unspecified atom stereocenters. The summed E-state index contributed by atoms with van der Waals surface area (Å²) in [7, 11) is 3.27. The monoisotopic (exact) mass is 234 g/mol. The number of nitrogens with two attached hydrogens (primary N) is 1. The molecule has 2 N–H and O–H groups in total. The highest BCUT2D eigenvalue weighted by Gasteiger charge is 2.10. The average molecular weight is 234 g/mol. The zero-order valence-electron chi connectivity index (χ0n) is 9.77. The van der Waals surface area contributed by atoms with Crippen LogP contribution in [0.3, 0.4) is 0 Å². The Labute approximate surface area is 99.1 Å². The van der Waals surface area contributed by atoms with Crippen molar-refractivity contribution in [2.24, 2.45) is 0 Å². The molecule has 0 bridgehead atoms. The second-order valence-electron chi connectivity index (χ2n) is 3.56. The van der Waals surface area contributed by atoms with Gasteiger partial charge in [-0.3, -0.25) is 0 Å². The average Bonchev–Trinajstić information content (AvgIpc) is 2.76. The number of benzene rings is 1. The van der Waals surface area contributed by atoms with Crippen LogP contribution in [0, 0.1) is 0 Å². The van der Waals surface area contributed by atoms with E-state index in [1.165, 1.54) is 0 Å². The van der Waals surface area contributed by atoms with Crippen LogP contribution in [0.4, 0.5) is 5.88 Å². The van der Waals surface area contributed by atoms with Gasteiger partial charge in [0.1, 0.15) is 5.75 Å². The van der Waals surface area contributed by atoms with Crippen molar-refractivity contribution in [1.29, 1.82) is 0 Å². The van der Waals surface area contributed by atoms with Gasteiger partial charge in [-0.2, -0.15) is 0 Å². The van der Waals surface area contributed by atoms with Gasteiger partial charge in [-0.15, -0.1) is 0 Å². The van der Waals surface area contributed by atoms with Crippen molar-refractivity contribution in [3.63, 3.8) is 0 Å². The van der Waals surface area contributed by atoms with Crippen molar-refractivity contribution in [3.05, 3.63) is 30.0 Å². The van der Waals surface area contributed by atoms with E-state index in [4.69, 9.17) is 19.7 Å². The Bertz CT molecular complexity index is 508. The highest BCUT2D eigenvalue weighted by atomic mass is 16.5. The first-order valence-electron chi connectivity index (χ1n) is 5.12. The molecule has 2 aromatic rings. The van der Waals surface area contributed by atoms with Gasteiger partial charge in [-0.05, 0) is 17.7 Å². The van der Waals surface area contributed by atoms with Crippen molar-refractivity contribution in [1.82, 2.24) is 5.16 Å². The summed E-state index contributed by atoms with van der Waals surface area (Å²) in [4.78, 5) is 0. The molecule has 1 aromatic heterocycles. The smallest absolute Gasteiger partial charge is 0.229 e. The number of anilines is 1. The number of nitrogens with zero attached hydrogens (tertiary/aromatic N) is 1. The highest BCUT2D eigenvalue weighted by Crippen LogP contribution is 2.30. The molecule has 5 nitrogen and oxygen atoms in total. The molecule has 0 saturated carbocycles. The Hall–Kier alpha value is -2.01. The molecule has 0 fully saturated rings. The molecule has 0 aliphatic carbocycles. The topological polar surface area (TPSA) is 70.5 Å². The lowest BCUT2D eigenvalue weighted by atomic mass is 10.1. The molecule has 5 heteroatoms. The zero-order valence-corrected chi connectivity index (χ0v) is 9.77. The molecule has 0 saturated heterocycles. The highest BCUT2D eigenvalue weighted by molar-refractivity contribution is 5.73. The summed E-state index contributed by atoms with van der Waals surface area (Å²) in [6.07, 6.45) is 1.59. The minimum Gasteiger partial charge on any atom is -0.496 e. The van der Waals surface area contributed by atoms with Crippen molar-refractivity contribution >= 4 is 5.88 Å². The molecule has 2 rings (SSSR count). The van der Waals surface area contributed by atoms with E-state index in [1.807, 2.05) is 18.2 Å². The molecule has 0 aliphatic heterocycles. The molecule has 0 aliphatic rings. The van der Waals surface area contributed by atoms with Crippen LogP contribution in [-0.2, 0) is 11.3 Å². The Morgan fingerprint density at radius 1 is 1.35 bits per heavy atom. The third-order valence-electron chi connectivity index (χ3n) is 2.49. The van der Waals surface area contributed by atoms with Gasteiger partial charge in [0, 0.05) is 12.7 Å². The van der Waals surface area contributed by atoms with Gasteiger partial charge in [-0.1, -0.05) is 11.2 Å². The van der Waals surface area contributed by atoms with Crippen molar-refractivity contribution in [2.75, 3.05) is 20.0 Å². The molecule has 0 spiro atoms. The maximum absolute atomic E-state index is 5.68. The minimum absolute atomic E-state index is 0.304. The minimum atomic E-state index is 0.304. The number of hydrogen-bond acceptors (Lipinski definition) is 5. The summed E-state index contributed by atoms with van der Waals surface area (Å²) in [6.45, 7) is 0.474. The molecule has 17 heavy (non-hydrogen) atoms. The first-order valence-corrected chi connectivity index (χ1v) is 5.12. The number of methoxy groups -OCH3 is 2. The fourth-order valence-electron chi connectivity index (χ4n) is 1.68. The van der Waals surface area contributed by atoms with E-state index in [2.05, 4.69) is 5.16 Å². The maximum Gasteiger partial charge on any atom is 0.229 e. The molecule has 0 radical (unpaired) electrons. The third kappa shape index (κ3) is 2.24. The van der Waals surface area contributed by atoms with Gasteiger partial charge < -0.3 is 19.7 Å². The van der Waals surface area contributed by atoms with Crippen LogP contribution >= 0.6 is 0 Å². The Morgan fingerprint density at radius 2 is 2.18 bits per heavy atom. The van der Waals surface area contributed by atoms with E-state index in [0.717, 1.165) is 22.4 Å². The second-order valence-corrected chi connectivity index (χ2v) is 3.56. The van der Waals surface area contributed by atoms with Crippen LogP contribution in [0.1, 0.15) is 5.56 Å². The van der Waals surface area contributed by atoms with E-state index in [1.54, 1.807) is 20.4 Å². The number of aromatic nitrogens is 1. The van der Waals surface area contributed by atoms with E-state index in [9.17, 15) is 0 Å². The van der Waals surface area contributed by atoms with Crippen LogP contribution in [0.25, 0.3) is 11.1 Å². The fourth-order valence-corrected chi connectivity index (χ4v) is 1.68. The molecular formula is C12H14N2O3. The lowest BCUT2D eigenvalue weighted by Crippen LogP contribution is -1.95. The van der Waals surface area contributed by atoms with Crippen LogP contribution in [0.15, 0.2) is 28.9 Å². The van der Waals surface area contributed by atoms with Crippen LogP contribution in [-0.4, -0.2) is 19.4 Å². The van der Waals surface area contributed by atoms with Gasteiger partial charge in [-0.25, -0.2) is 0 Å². The number of ether oxygens (including phenoxy) is 2. The van der Waals surface area contributed by atoms with E-state index in [0.29, 0.717) is 12.5 Å². The lowest BCUT2D eigenvalue weighted by Gasteiger charge is -2.09. The quantitative estimate of drug-likeness (QED) is 0.876. The van der Waals surface area contributed by atoms with Crippen LogP contribution in [0.5, 0.6) is 5.75 Å². The van der Waals surface area contributed by atoms with Gasteiger partial charge in [0.05, 0.1) is 25.5 Å². The number of hydrogen-bond donors (Lipinski definition) is 1. The first kappa shape index (κ1) is 11.5.